The maximum Gasteiger partial charge on any atom is 0.236 e. The van der Waals surface area contributed by atoms with Crippen LogP contribution in [-0.2, 0) is 11.3 Å². The number of piperazine rings is 1. The van der Waals surface area contributed by atoms with Crippen molar-refractivity contribution in [1.29, 1.82) is 0 Å². The summed E-state index contributed by atoms with van der Waals surface area (Å²) in [5.41, 5.74) is 0. The van der Waals surface area contributed by atoms with Crippen LogP contribution in [0.1, 0.15) is 4.88 Å². The van der Waals surface area contributed by atoms with Crippen LogP contribution in [0, 0.1) is 0 Å². The van der Waals surface area contributed by atoms with E-state index in [4.69, 9.17) is 0 Å². The summed E-state index contributed by atoms with van der Waals surface area (Å²) < 4.78 is 0. The third-order valence-electron chi connectivity index (χ3n) is 4.44. The van der Waals surface area contributed by atoms with Gasteiger partial charge >= 0.3 is 0 Å². The number of thiophene rings is 1. The minimum absolute atomic E-state index is 0.224. The predicted octanol–water partition coefficient (Wildman–Crippen LogP) is 0.296. The second-order valence-electron chi connectivity index (χ2n) is 5.95. The van der Waals surface area contributed by atoms with E-state index in [1.807, 2.05) is 18.0 Å². The van der Waals surface area contributed by atoms with E-state index in [9.17, 15) is 4.79 Å². The highest BCUT2D eigenvalue weighted by Crippen LogP contribution is 2.12. The molecule has 116 valence electrons. The number of carbonyl (C=O) groups excluding carboxylic acids is 1. The standard InChI is InChI=1S/C15H24N4OS/c1-17(11-14-3-2-8-21-14)15(20)12-18-4-6-19(7-5-18)13-9-16-10-13/h2-3,8,13,16H,4-7,9-12H2,1H3. The number of rotatable bonds is 5. The van der Waals surface area contributed by atoms with Gasteiger partial charge in [0.15, 0.2) is 0 Å². The van der Waals surface area contributed by atoms with E-state index in [0.29, 0.717) is 6.54 Å². The van der Waals surface area contributed by atoms with Crippen LogP contribution in [0.5, 0.6) is 0 Å². The Bertz CT molecular complexity index is 452. The lowest BCUT2D eigenvalue weighted by Gasteiger charge is -2.43. The molecule has 1 N–H and O–H groups in total. The summed E-state index contributed by atoms with van der Waals surface area (Å²) in [5.74, 6) is 0.224. The molecule has 0 atom stereocenters. The first-order chi connectivity index (χ1) is 10.2. The molecule has 0 unspecified atom stereocenters. The molecular formula is C15H24N4OS. The fraction of sp³-hybridized carbons (Fsp3) is 0.667. The Morgan fingerprint density at radius 1 is 1.38 bits per heavy atom. The minimum atomic E-state index is 0.224. The molecule has 21 heavy (non-hydrogen) atoms. The molecule has 0 saturated carbocycles. The minimum Gasteiger partial charge on any atom is -0.340 e. The zero-order valence-electron chi connectivity index (χ0n) is 12.6. The Morgan fingerprint density at radius 3 is 2.71 bits per heavy atom. The fourth-order valence-electron chi connectivity index (χ4n) is 2.85. The van der Waals surface area contributed by atoms with E-state index in [0.717, 1.165) is 51.9 Å². The first-order valence-corrected chi connectivity index (χ1v) is 8.54. The maximum atomic E-state index is 12.3. The van der Waals surface area contributed by atoms with Crippen molar-refractivity contribution in [2.75, 3.05) is 52.9 Å². The van der Waals surface area contributed by atoms with E-state index in [1.54, 1.807) is 11.3 Å². The van der Waals surface area contributed by atoms with E-state index >= 15 is 0 Å². The van der Waals surface area contributed by atoms with Crippen molar-refractivity contribution >= 4 is 17.2 Å². The summed E-state index contributed by atoms with van der Waals surface area (Å²) in [5, 5.41) is 5.38. The van der Waals surface area contributed by atoms with Crippen molar-refractivity contribution in [2.24, 2.45) is 0 Å². The molecule has 0 aromatic carbocycles. The van der Waals surface area contributed by atoms with Crippen LogP contribution in [0.2, 0.25) is 0 Å². The van der Waals surface area contributed by atoms with Crippen molar-refractivity contribution in [3.8, 4) is 0 Å². The van der Waals surface area contributed by atoms with Crippen LogP contribution < -0.4 is 5.32 Å². The lowest BCUT2D eigenvalue weighted by Crippen LogP contribution is -2.62. The predicted molar refractivity (Wildman–Crippen MR) is 85.5 cm³/mol. The van der Waals surface area contributed by atoms with Crippen molar-refractivity contribution in [2.45, 2.75) is 12.6 Å². The Balaban J connectivity index is 1.40. The average molecular weight is 308 g/mol. The van der Waals surface area contributed by atoms with Gasteiger partial charge in [0.25, 0.3) is 0 Å². The number of nitrogens with zero attached hydrogens (tertiary/aromatic N) is 3. The monoisotopic (exact) mass is 308 g/mol. The first-order valence-electron chi connectivity index (χ1n) is 7.66. The van der Waals surface area contributed by atoms with Gasteiger partial charge in [-0.05, 0) is 11.4 Å². The van der Waals surface area contributed by atoms with Crippen molar-refractivity contribution in [3.63, 3.8) is 0 Å². The van der Waals surface area contributed by atoms with E-state index in [-0.39, 0.29) is 5.91 Å². The van der Waals surface area contributed by atoms with Gasteiger partial charge in [0.05, 0.1) is 13.1 Å². The first kappa shape index (κ1) is 15.0. The molecule has 2 aliphatic heterocycles. The van der Waals surface area contributed by atoms with Gasteiger partial charge in [-0.1, -0.05) is 6.07 Å². The summed E-state index contributed by atoms with van der Waals surface area (Å²) in [4.78, 5) is 20.2. The third-order valence-corrected chi connectivity index (χ3v) is 5.30. The molecule has 0 bridgehead atoms. The topological polar surface area (TPSA) is 38.8 Å². The third kappa shape index (κ3) is 3.83. The number of hydrogen-bond acceptors (Lipinski definition) is 5. The molecular weight excluding hydrogens is 284 g/mol. The van der Waals surface area contributed by atoms with Crippen molar-refractivity contribution in [1.82, 2.24) is 20.0 Å². The van der Waals surface area contributed by atoms with Crippen molar-refractivity contribution < 1.29 is 4.79 Å². The molecule has 2 aliphatic rings. The Kier molecular flexibility index (Phi) is 4.90. The van der Waals surface area contributed by atoms with Gasteiger partial charge < -0.3 is 10.2 Å². The van der Waals surface area contributed by atoms with Gasteiger partial charge in [0.1, 0.15) is 0 Å². The number of likely N-dealkylation sites (N-methyl/N-ethyl adjacent to an activating group) is 1. The van der Waals surface area contributed by atoms with E-state index < -0.39 is 0 Å². The lowest BCUT2D eigenvalue weighted by atomic mass is 10.1. The molecule has 3 rings (SSSR count). The highest BCUT2D eigenvalue weighted by atomic mass is 32.1. The average Bonchev–Trinajstić information content (AvgIpc) is 2.91. The van der Waals surface area contributed by atoms with E-state index in [2.05, 4.69) is 26.6 Å². The Hall–Kier alpha value is -0.950. The van der Waals surface area contributed by atoms with Gasteiger partial charge in [0, 0.05) is 57.2 Å². The molecule has 6 heteroatoms. The zero-order chi connectivity index (χ0) is 14.7. The Morgan fingerprint density at radius 2 is 2.14 bits per heavy atom. The van der Waals surface area contributed by atoms with Gasteiger partial charge in [0.2, 0.25) is 5.91 Å². The molecule has 0 spiro atoms. The van der Waals surface area contributed by atoms with Crippen LogP contribution in [0.15, 0.2) is 17.5 Å². The number of nitrogens with one attached hydrogen (secondary N) is 1. The van der Waals surface area contributed by atoms with Crippen molar-refractivity contribution in [3.05, 3.63) is 22.4 Å². The smallest absolute Gasteiger partial charge is 0.236 e. The zero-order valence-corrected chi connectivity index (χ0v) is 13.4. The summed E-state index contributed by atoms with van der Waals surface area (Å²) in [6.07, 6.45) is 0. The summed E-state index contributed by atoms with van der Waals surface area (Å²) in [6, 6.07) is 4.84. The molecule has 0 radical (unpaired) electrons. The largest absolute Gasteiger partial charge is 0.340 e. The fourth-order valence-corrected chi connectivity index (χ4v) is 3.61. The molecule has 2 saturated heterocycles. The highest BCUT2D eigenvalue weighted by molar-refractivity contribution is 7.09. The quantitative estimate of drug-likeness (QED) is 0.849. The number of hydrogen-bond donors (Lipinski definition) is 1. The lowest BCUT2D eigenvalue weighted by molar-refractivity contribution is -0.132. The van der Waals surface area contributed by atoms with Gasteiger partial charge in [-0.2, -0.15) is 0 Å². The molecule has 1 amide bonds. The summed E-state index contributed by atoms with van der Waals surface area (Å²) in [7, 11) is 1.90. The summed E-state index contributed by atoms with van der Waals surface area (Å²) in [6.45, 7) is 7.74. The van der Waals surface area contributed by atoms with Crippen LogP contribution in [0.3, 0.4) is 0 Å². The van der Waals surface area contributed by atoms with Gasteiger partial charge in [-0.3, -0.25) is 14.6 Å². The van der Waals surface area contributed by atoms with Gasteiger partial charge in [-0.15, -0.1) is 11.3 Å². The molecule has 5 nitrogen and oxygen atoms in total. The number of carbonyl (C=O) groups is 1. The molecule has 2 fully saturated rings. The van der Waals surface area contributed by atoms with Crippen LogP contribution in [0.25, 0.3) is 0 Å². The normalized spacial score (nSPS) is 21.2. The number of amides is 1. The highest BCUT2D eigenvalue weighted by Gasteiger charge is 2.28. The molecule has 1 aromatic heterocycles. The summed E-state index contributed by atoms with van der Waals surface area (Å²) >= 11 is 1.71. The van der Waals surface area contributed by atoms with E-state index in [1.165, 1.54) is 4.88 Å². The van der Waals surface area contributed by atoms with Crippen LogP contribution in [0.4, 0.5) is 0 Å². The molecule has 1 aromatic rings. The second-order valence-corrected chi connectivity index (χ2v) is 6.99. The van der Waals surface area contributed by atoms with Crippen LogP contribution in [-0.4, -0.2) is 79.5 Å². The molecule has 0 aliphatic carbocycles. The Labute approximate surface area is 130 Å². The van der Waals surface area contributed by atoms with Gasteiger partial charge in [-0.25, -0.2) is 0 Å². The second kappa shape index (κ2) is 6.87. The van der Waals surface area contributed by atoms with Crippen LogP contribution >= 0.6 is 11.3 Å². The SMILES string of the molecule is CN(Cc1cccs1)C(=O)CN1CCN(C2CNC2)CC1. The maximum absolute atomic E-state index is 12.3. The molecule has 3 heterocycles.